The number of aromatic nitrogens is 2. The SMILES string of the molecule is COc1ccc(-c2nnc(SCC(=O)N[C@H]3CCCC[C@H]3C)o2)cc1. The molecule has 6 nitrogen and oxygen atoms in total. The van der Waals surface area contributed by atoms with E-state index in [1.165, 1.54) is 31.0 Å². The molecular formula is C18H23N3O3S. The summed E-state index contributed by atoms with van der Waals surface area (Å²) >= 11 is 1.26. The van der Waals surface area contributed by atoms with Crippen molar-refractivity contribution in [3.8, 4) is 17.2 Å². The monoisotopic (exact) mass is 361 g/mol. The third-order valence-electron chi connectivity index (χ3n) is 4.53. The van der Waals surface area contributed by atoms with Gasteiger partial charge in [0.1, 0.15) is 5.75 Å². The van der Waals surface area contributed by atoms with Crippen LogP contribution >= 0.6 is 11.8 Å². The Labute approximate surface area is 151 Å². The molecule has 1 saturated carbocycles. The third-order valence-corrected chi connectivity index (χ3v) is 5.35. The van der Waals surface area contributed by atoms with Gasteiger partial charge in [0.05, 0.1) is 12.9 Å². The fraction of sp³-hybridized carbons (Fsp3) is 0.500. The molecule has 1 amide bonds. The highest BCUT2D eigenvalue weighted by Gasteiger charge is 2.23. The molecule has 0 unspecified atom stereocenters. The first kappa shape index (κ1) is 17.8. The number of hydrogen-bond donors (Lipinski definition) is 1. The van der Waals surface area contributed by atoms with Crippen LogP contribution in [0.15, 0.2) is 33.9 Å². The van der Waals surface area contributed by atoms with Gasteiger partial charge in [-0.15, -0.1) is 10.2 Å². The number of carbonyl (C=O) groups is 1. The maximum Gasteiger partial charge on any atom is 0.277 e. The van der Waals surface area contributed by atoms with E-state index < -0.39 is 0 Å². The molecule has 1 aliphatic carbocycles. The van der Waals surface area contributed by atoms with E-state index in [4.69, 9.17) is 9.15 Å². The van der Waals surface area contributed by atoms with Gasteiger partial charge in [0.25, 0.3) is 5.22 Å². The Morgan fingerprint density at radius 3 is 2.76 bits per heavy atom. The van der Waals surface area contributed by atoms with E-state index in [2.05, 4.69) is 22.4 Å². The molecule has 1 aliphatic rings. The molecule has 2 atom stereocenters. The maximum atomic E-state index is 12.1. The predicted molar refractivity (Wildman–Crippen MR) is 96.6 cm³/mol. The van der Waals surface area contributed by atoms with Gasteiger partial charge in [-0.1, -0.05) is 31.5 Å². The lowest BCUT2D eigenvalue weighted by Crippen LogP contribution is -2.41. The summed E-state index contributed by atoms with van der Waals surface area (Å²) in [5, 5.41) is 11.6. The summed E-state index contributed by atoms with van der Waals surface area (Å²) in [4.78, 5) is 12.1. The van der Waals surface area contributed by atoms with Crippen LogP contribution in [-0.4, -0.2) is 35.0 Å². The smallest absolute Gasteiger partial charge is 0.277 e. The predicted octanol–water partition coefficient (Wildman–Crippen LogP) is 3.53. The van der Waals surface area contributed by atoms with Gasteiger partial charge in [-0.25, -0.2) is 0 Å². The Morgan fingerprint density at radius 1 is 1.28 bits per heavy atom. The van der Waals surface area contributed by atoms with Gasteiger partial charge in [-0.3, -0.25) is 4.79 Å². The number of ether oxygens (including phenoxy) is 1. The maximum absolute atomic E-state index is 12.1. The van der Waals surface area contributed by atoms with Crippen molar-refractivity contribution in [2.24, 2.45) is 5.92 Å². The van der Waals surface area contributed by atoms with Crippen LogP contribution in [0.2, 0.25) is 0 Å². The number of amides is 1. The Hall–Kier alpha value is -2.02. The van der Waals surface area contributed by atoms with E-state index >= 15 is 0 Å². The van der Waals surface area contributed by atoms with Gasteiger partial charge in [0.15, 0.2) is 0 Å². The van der Waals surface area contributed by atoms with Crippen LogP contribution in [0.4, 0.5) is 0 Å². The van der Waals surface area contributed by atoms with Gasteiger partial charge in [-0.05, 0) is 43.0 Å². The first-order valence-corrected chi connectivity index (χ1v) is 9.54. The van der Waals surface area contributed by atoms with Gasteiger partial charge in [0.2, 0.25) is 11.8 Å². The molecule has 0 bridgehead atoms. The molecule has 1 aromatic heterocycles. The number of carbonyl (C=O) groups excluding carboxylic acids is 1. The van der Waals surface area contributed by atoms with Crippen molar-refractivity contribution in [1.29, 1.82) is 0 Å². The zero-order valence-electron chi connectivity index (χ0n) is 14.5. The number of benzene rings is 1. The summed E-state index contributed by atoms with van der Waals surface area (Å²) in [6.45, 7) is 2.20. The number of nitrogens with one attached hydrogen (secondary N) is 1. The van der Waals surface area contributed by atoms with Crippen molar-refractivity contribution < 1.29 is 13.9 Å². The topological polar surface area (TPSA) is 77.2 Å². The average Bonchev–Trinajstić information content (AvgIpc) is 3.11. The Balaban J connectivity index is 1.51. The lowest BCUT2D eigenvalue weighted by Gasteiger charge is -2.29. The van der Waals surface area contributed by atoms with E-state index in [9.17, 15) is 4.79 Å². The van der Waals surface area contributed by atoms with Gasteiger partial charge in [0, 0.05) is 11.6 Å². The van der Waals surface area contributed by atoms with Gasteiger partial charge in [-0.2, -0.15) is 0 Å². The molecule has 0 radical (unpaired) electrons. The summed E-state index contributed by atoms with van der Waals surface area (Å²) < 4.78 is 10.8. The molecule has 134 valence electrons. The fourth-order valence-electron chi connectivity index (χ4n) is 3.02. The molecule has 1 heterocycles. The summed E-state index contributed by atoms with van der Waals surface area (Å²) in [5.41, 5.74) is 0.820. The average molecular weight is 361 g/mol. The minimum absolute atomic E-state index is 0.0212. The molecular weight excluding hydrogens is 338 g/mol. The van der Waals surface area contributed by atoms with Crippen LogP contribution in [0.25, 0.3) is 11.5 Å². The Bertz CT molecular complexity index is 702. The van der Waals surface area contributed by atoms with Crippen LogP contribution in [-0.2, 0) is 4.79 Å². The van der Waals surface area contributed by atoms with Gasteiger partial charge >= 0.3 is 0 Å². The largest absolute Gasteiger partial charge is 0.497 e. The number of thioether (sulfide) groups is 1. The van der Waals surface area contributed by atoms with Crippen LogP contribution in [0, 0.1) is 5.92 Å². The van der Waals surface area contributed by atoms with Crippen molar-refractivity contribution in [2.75, 3.05) is 12.9 Å². The fourth-order valence-corrected chi connectivity index (χ4v) is 3.60. The Morgan fingerprint density at radius 2 is 2.04 bits per heavy atom. The highest BCUT2D eigenvalue weighted by molar-refractivity contribution is 7.99. The molecule has 2 aromatic rings. The highest BCUT2D eigenvalue weighted by atomic mass is 32.2. The second kappa shape index (κ2) is 8.38. The van der Waals surface area contributed by atoms with Crippen molar-refractivity contribution in [3.63, 3.8) is 0 Å². The molecule has 3 rings (SSSR count). The van der Waals surface area contributed by atoms with E-state index in [1.54, 1.807) is 7.11 Å². The molecule has 0 saturated heterocycles. The number of rotatable bonds is 6. The van der Waals surface area contributed by atoms with Crippen molar-refractivity contribution >= 4 is 17.7 Å². The molecule has 1 aromatic carbocycles. The van der Waals surface area contributed by atoms with E-state index in [-0.39, 0.29) is 11.7 Å². The summed E-state index contributed by atoms with van der Waals surface area (Å²) in [6, 6.07) is 7.69. The highest BCUT2D eigenvalue weighted by Crippen LogP contribution is 2.26. The molecule has 7 heteroatoms. The standard InChI is InChI=1S/C18H23N3O3S/c1-12-5-3-4-6-15(12)19-16(22)11-25-18-21-20-17(24-18)13-7-9-14(23-2)10-8-13/h7-10,12,15H,3-6,11H2,1-2H3,(H,19,22)/t12-,15+/m1/s1. The minimum Gasteiger partial charge on any atom is -0.497 e. The molecule has 0 aliphatic heterocycles. The quantitative estimate of drug-likeness (QED) is 0.793. The zero-order chi connectivity index (χ0) is 17.6. The first-order valence-electron chi connectivity index (χ1n) is 8.56. The lowest BCUT2D eigenvalue weighted by atomic mass is 9.86. The number of nitrogens with zero attached hydrogens (tertiary/aromatic N) is 2. The molecule has 0 spiro atoms. The van der Waals surface area contributed by atoms with Crippen LogP contribution in [0.1, 0.15) is 32.6 Å². The number of methoxy groups -OCH3 is 1. The summed E-state index contributed by atoms with van der Waals surface area (Å²) in [5.74, 6) is 2.06. The molecule has 1 N–H and O–H groups in total. The first-order chi connectivity index (χ1) is 12.2. The molecule has 1 fully saturated rings. The lowest BCUT2D eigenvalue weighted by molar-refractivity contribution is -0.119. The number of hydrogen-bond acceptors (Lipinski definition) is 6. The Kier molecular flexibility index (Phi) is 5.96. The van der Waals surface area contributed by atoms with E-state index in [0.717, 1.165) is 17.7 Å². The minimum atomic E-state index is 0.0212. The normalized spacial score (nSPS) is 20.2. The zero-order valence-corrected chi connectivity index (χ0v) is 15.3. The van der Waals surface area contributed by atoms with Crippen molar-refractivity contribution in [3.05, 3.63) is 24.3 Å². The summed E-state index contributed by atoms with van der Waals surface area (Å²) in [7, 11) is 1.62. The summed E-state index contributed by atoms with van der Waals surface area (Å²) in [6.07, 6.45) is 4.71. The van der Waals surface area contributed by atoms with Crippen molar-refractivity contribution in [2.45, 2.75) is 43.9 Å². The van der Waals surface area contributed by atoms with Crippen LogP contribution < -0.4 is 10.1 Å². The van der Waals surface area contributed by atoms with Crippen LogP contribution in [0.5, 0.6) is 5.75 Å². The second-order valence-electron chi connectivity index (χ2n) is 6.33. The van der Waals surface area contributed by atoms with E-state index in [1.807, 2.05) is 24.3 Å². The second-order valence-corrected chi connectivity index (χ2v) is 7.25. The third kappa shape index (κ3) is 4.75. The van der Waals surface area contributed by atoms with E-state index in [0.29, 0.717) is 23.1 Å². The molecule has 25 heavy (non-hydrogen) atoms. The van der Waals surface area contributed by atoms with Gasteiger partial charge < -0.3 is 14.5 Å². The van der Waals surface area contributed by atoms with Crippen molar-refractivity contribution in [1.82, 2.24) is 15.5 Å². The van der Waals surface area contributed by atoms with Crippen LogP contribution in [0.3, 0.4) is 0 Å².